The normalized spacial score (nSPS) is 18.1. The van der Waals surface area contributed by atoms with E-state index in [9.17, 15) is 9.59 Å². The van der Waals surface area contributed by atoms with Gasteiger partial charge in [0.25, 0.3) is 0 Å². The smallest absolute Gasteiger partial charge is 0.356 e. The molecule has 2 aliphatic heterocycles. The molecule has 1 unspecified atom stereocenters. The molecule has 7 heteroatoms. The summed E-state index contributed by atoms with van der Waals surface area (Å²) in [4.78, 5) is 33.0. The van der Waals surface area contributed by atoms with E-state index in [4.69, 9.17) is 4.74 Å². The molecule has 31 heavy (non-hydrogen) atoms. The zero-order valence-electron chi connectivity index (χ0n) is 16.9. The van der Waals surface area contributed by atoms with Gasteiger partial charge in [-0.1, -0.05) is 60.7 Å². The lowest BCUT2D eigenvalue weighted by atomic mass is 10.0. The molecule has 0 aliphatic carbocycles. The van der Waals surface area contributed by atoms with Crippen LogP contribution in [0.25, 0.3) is 5.57 Å². The highest BCUT2D eigenvalue weighted by Crippen LogP contribution is 2.45. The summed E-state index contributed by atoms with van der Waals surface area (Å²) in [5.41, 5.74) is 5.60. The molecular weight excluding hydrogens is 428 g/mol. The highest BCUT2D eigenvalue weighted by atomic mass is 32.2. The number of carbonyl (C=O) groups is 2. The summed E-state index contributed by atoms with van der Waals surface area (Å²) in [6.45, 7) is 1.92. The second-order valence-electron chi connectivity index (χ2n) is 7.43. The number of ether oxygens (including phenoxy) is 1. The van der Waals surface area contributed by atoms with E-state index in [1.165, 1.54) is 11.3 Å². The van der Waals surface area contributed by atoms with E-state index in [1.807, 2.05) is 67.6 Å². The zero-order valence-corrected chi connectivity index (χ0v) is 18.5. The summed E-state index contributed by atoms with van der Waals surface area (Å²) in [5, 5.41) is -0.000992. The van der Waals surface area contributed by atoms with Crippen LogP contribution in [0.3, 0.4) is 0 Å². The lowest BCUT2D eigenvalue weighted by Crippen LogP contribution is -2.54. The molecule has 5 rings (SSSR count). The fourth-order valence-electron chi connectivity index (χ4n) is 3.92. The number of aryl methyl sites for hydroxylation is 1. The number of esters is 1. The van der Waals surface area contributed by atoms with Gasteiger partial charge in [0, 0.05) is 11.3 Å². The highest BCUT2D eigenvalue weighted by Gasteiger charge is 2.46. The number of fused-ring (bicyclic) bond motifs is 1. The molecule has 0 radical (unpaired) electrons. The predicted octanol–water partition coefficient (Wildman–Crippen LogP) is 4.80. The number of rotatable bonds is 5. The SMILES string of the molecule is Cc1ncsc1C1=C(C(=O)OC(c2ccccc2)c2ccccc2)N2C(=O)CC2SC1. The van der Waals surface area contributed by atoms with Crippen molar-refractivity contribution in [1.29, 1.82) is 0 Å². The van der Waals surface area contributed by atoms with Gasteiger partial charge in [-0.2, -0.15) is 0 Å². The van der Waals surface area contributed by atoms with Gasteiger partial charge in [-0.3, -0.25) is 9.69 Å². The maximum atomic E-state index is 13.6. The van der Waals surface area contributed by atoms with Crippen LogP contribution in [0.1, 0.15) is 34.2 Å². The molecule has 2 aliphatic rings. The molecule has 1 atom stereocenters. The van der Waals surface area contributed by atoms with Crippen molar-refractivity contribution in [3.05, 3.63) is 93.6 Å². The third kappa shape index (κ3) is 3.68. The first-order valence-corrected chi connectivity index (χ1v) is 11.9. The molecule has 1 fully saturated rings. The van der Waals surface area contributed by atoms with E-state index in [-0.39, 0.29) is 11.3 Å². The van der Waals surface area contributed by atoms with E-state index >= 15 is 0 Å². The Balaban J connectivity index is 1.56. The number of amides is 1. The Labute approximate surface area is 188 Å². The first-order valence-electron chi connectivity index (χ1n) is 10.0. The molecule has 0 saturated carbocycles. The lowest BCUT2D eigenvalue weighted by Gasteiger charge is -2.44. The summed E-state index contributed by atoms with van der Waals surface area (Å²) >= 11 is 3.17. The molecule has 156 valence electrons. The van der Waals surface area contributed by atoms with Gasteiger partial charge in [-0.15, -0.1) is 23.1 Å². The largest absolute Gasteiger partial charge is 0.448 e. The number of carbonyl (C=O) groups excluding carboxylic acids is 2. The maximum Gasteiger partial charge on any atom is 0.356 e. The topological polar surface area (TPSA) is 59.5 Å². The molecule has 1 aromatic heterocycles. The van der Waals surface area contributed by atoms with Crippen molar-refractivity contribution >= 4 is 40.5 Å². The van der Waals surface area contributed by atoms with Crippen molar-refractivity contribution in [2.45, 2.75) is 24.8 Å². The van der Waals surface area contributed by atoms with Crippen molar-refractivity contribution in [2.75, 3.05) is 5.75 Å². The van der Waals surface area contributed by atoms with Crippen molar-refractivity contribution in [1.82, 2.24) is 9.88 Å². The molecule has 0 spiro atoms. The zero-order chi connectivity index (χ0) is 21.4. The Bertz CT molecular complexity index is 1120. The van der Waals surface area contributed by atoms with Gasteiger partial charge >= 0.3 is 5.97 Å². The molecule has 3 aromatic rings. The standard InChI is InChI=1S/C24H20N2O3S2/c1-15-23(31-14-25-15)18-13-30-20-12-19(27)26(20)21(18)24(28)29-22(16-8-4-2-5-9-16)17-10-6-3-7-11-17/h2-11,14,20,22H,12-13H2,1H3. The fourth-order valence-corrected chi connectivity index (χ4v) is 6.13. The van der Waals surface area contributed by atoms with Crippen LogP contribution in [0, 0.1) is 6.92 Å². The molecule has 1 saturated heterocycles. The number of hydrogen-bond acceptors (Lipinski definition) is 6. The minimum Gasteiger partial charge on any atom is -0.448 e. The molecule has 5 nitrogen and oxygen atoms in total. The van der Waals surface area contributed by atoms with Crippen molar-refractivity contribution in [3.63, 3.8) is 0 Å². The predicted molar refractivity (Wildman–Crippen MR) is 122 cm³/mol. The van der Waals surface area contributed by atoms with Crippen molar-refractivity contribution in [2.24, 2.45) is 0 Å². The van der Waals surface area contributed by atoms with E-state index in [2.05, 4.69) is 4.98 Å². The van der Waals surface area contributed by atoms with Crippen molar-refractivity contribution in [3.8, 4) is 0 Å². The number of aromatic nitrogens is 1. The molecule has 2 aromatic carbocycles. The van der Waals surface area contributed by atoms with Crippen molar-refractivity contribution < 1.29 is 14.3 Å². The van der Waals surface area contributed by atoms with Crippen LogP contribution in [0.4, 0.5) is 0 Å². The Morgan fingerprint density at radius 3 is 2.29 bits per heavy atom. The van der Waals surface area contributed by atoms with Gasteiger partial charge < -0.3 is 4.74 Å². The van der Waals surface area contributed by atoms with Gasteiger partial charge in [-0.05, 0) is 18.1 Å². The second-order valence-corrected chi connectivity index (χ2v) is 9.46. The molecular formula is C24H20N2O3S2. The Kier molecular flexibility index (Phi) is 5.38. The van der Waals surface area contributed by atoms with Gasteiger partial charge in [0.15, 0.2) is 6.10 Å². The first-order chi connectivity index (χ1) is 15.1. The number of nitrogens with zero attached hydrogens (tertiary/aromatic N) is 2. The minimum atomic E-state index is -0.560. The van der Waals surface area contributed by atoms with Gasteiger partial charge in [0.2, 0.25) is 5.91 Å². The Hall–Kier alpha value is -2.90. The van der Waals surface area contributed by atoms with Crippen LogP contribution in [-0.4, -0.2) is 32.9 Å². The fraction of sp³-hybridized carbons (Fsp3) is 0.208. The number of thiazole rings is 1. The number of hydrogen-bond donors (Lipinski definition) is 0. The van der Waals surface area contributed by atoms with Gasteiger partial charge in [-0.25, -0.2) is 9.78 Å². The average Bonchev–Trinajstić information content (AvgIpc) is 3.22. The number of benzene rings is 2. The van der Waals surface area contributed by atoms with Gasteiger partial charge in [0.05, 0.1) is 27.9 Å². The minimum absolute atomic E-state index is 0.000992. The molecule has 0 bridgehead atoms. The Morgan fingerprint density at radius 1 is 1.10 bits per heavy atom. The second kappa shape index (κ2) is 8.32. The third-order valence-electron chi connectivity index (χ3n) is 5.50. The summed E-state index contributed by atoms with van der Waals surface area (Å²) in [6, 6.07) is 19.4. The van der Waals surface area contributed by atoms with Crippen LogP contribution >= 0.6 is 23.1 Å². The third-order valence-corrected chi connectivity index (χ3v) is 7.70. The van der Waals surface area contributed by atoms with Crippen LogP contribution in [0.2, 0.25) is 0 Å². The summed E-state index contributed by atoms with van der Waals surface area (Å²) < 4.78 is 6.12. The first kappa shape index (κ1) is 20.0. The summed E-state index contributed by atoms with van der Waals surface area (Å²) in [5.74, 6) is 0.141. The number of β-lactam (4-membered cyclic amide) rings is 1. The summed E-state index contributed by atoms with van der Waals surface area (Å²) in [7, 11) is 0. The van der Waals surface area contributed by atoms with Gasteiger partial charge in [0.1, 0.15) is 5.70 Å². The molecule has 3 heterocycles. The molecule has 0 N–H and O–H groups in total. The molecule has 1 amide bonds. The lowest BCUT2D eigenvalue weighted by molar-refractivity contribution is -0.151. The van der Waals surface area contributed by atoms with E-state index in [0.717, 1.165) is 27.3 Å². The monoisotopic (exact) mass is 448 g/mol. The van der Waals surface area contributed by atoms with Crippen LogP contribution in [0.15, 0.2) is 71.9 Å². The van der Waals surface area contributed by atoms with E-state index < -0.39 is 12.1 Å². The van der Waals surface area contributed by atoms with Crippen LogP contribution in [-0.2, 0) is 14.3 Å². The van der Waals surface area contributed by atoms with E-state index in [0.29, 0.717) is 17.9 Å². The highest BCUT2D eigenvalue weighted by molar-refractivity contribution is 8.00. The van der Waals surface area contributed by atoms with E-state index in [1.54, 1.807) is 22.2 Å². The van der Waals surface area contributed by atoms with Crippen LogP contribution in [0.5, 0.6) is 0 Å². The average molecular weight is 449 g/mol. The quantitative estimate of drug-likeness (QED) is 0.414. The summed E-state index contributed by atoms with van der Waals surface area (Å²) in [6.07, 6.45) is -0.104. The number of thioether (sulfide) groups is 1. The maximum absolute atomic E-state index is 13.6. The van der Waals surface area contributed by atoms with Crippen LogP contribution < -0.4 is 0 Å². The Morgan fingerprint density at radius 2 is 1.74 bits per heavy atom.